The molecule has 0 aliphatic heterocycles. The van der Waals surface area contributed by atoms with Crippen molar-refractivity contribution >= 4 is 0 Å². The summed E-state index contributed by atoms with van der Waals surface area (Å²) in [5.74, 6) is -1.66. The Labute approximate surface area is 94.5 Å². The van der Waals surface area contributed by atoms with E-state index in [1.165, 1.54) is 11.7 Å². The normalized spacial score (nSPS) is 11.2. The van der Waals surface area contributed by atoms with Gasteiger partial charge in [0.15, 0.2) is 0 Å². The summed E-state index contributed by atoms with van der Waals surface area (Å²) in [4.78, 5) is 0. The van der Waals surface area contributed by atoms with E-state index >= 15 is 0 Å². The molecule has 0 unspecified atom stereocenters. The van der Waals surface area contributed by atoms with E-state index in [4.69, 9.17) is 0 Å². The van der Waals surface area contributed by atoms with E-state index in [-0.39, 0.29) is 16.8 Å². The third-order valence-electron chi connectivity index (χ3n) is 2.23. The zero-order chi connectivity index (χ0) is 12.6. The van der Waals surface area contributed by atoms with E-state index in [0.717, 1.165) is 18.3 Å². The van der Waals surface area contributed by atoms with Gasteiger partial charge in [0.1, 0.15) is 17.3 Å². The van der Waals surface area contributed by atoms with Gasteiger partial charge >= 0.3 is 0 Å². The molecule has 90 valence electrons. The van der Waals surface area contributed by atoms with Gasteiger partial charge in [-0.15, -0.1) is 0 Å². The van der Waals surface area contributed by atoms with Crippen LogP contribution in [0.15, 0.2) is 24.4 Å². The minimum absolute atomic E-state index is 0.00148. The molecule has 0 amide bonds. The van der Waals surface area contributed by atoms with Gasteiger partial charge in [0.2, 0.25) is 0 Å². The topological polar surface area (TPSA) is 17.8 Å². The second-order valence-corrected chi connectivity index (χ2v) is 3.57. The number of hydrogen-bond acceptors (Lipinski definition) is 1. The van der Waals surface area contributed by atoms with Gasteiger partial charge in [-0.3, -0.25) is 4.68 Å². The Balaban J connectivity index is 2.59. The van der Waals surface area contributed by atoms with E-state index in [2.05, 4.69) is 5.10 Å². The molecule has 0 aliphatic rings. The average Bonchev–Trinajstić information content (AvgIpc) is 2.59. The summed E-state index contributed by atoms with van der Waals surface area (Å²) < 4.78 is 52.5. The number of benzene rings is 1. The molecule has 1 aromatic carbocycles. The lowest BCUT2D eigenvalue weighted by Crippen LogP contribution is -1.90. The first-order valence-corrected chi connectivity index (χ1v) is 4.75. The maximum absolute atomic E-state index is 13.0. The van der Waals surface area contributed by atoms with Crippen LogP contribution in [-0.2, 0) is 7.05 Å². The molecule has 0 saturated heterocycles. The fourth-order valence-electron chi connectivity index (χ4n) is 1.58. The Morgan fingerprint density at radius 1 is 1.12 bits per heavy atom. The lowest BCUT2D eigenvalue weighted by atomic mass is 10.1. The molecule has 0 radical (unpaired) electrons. The van der Waals surface area contributed by atoms with Gasteiger partial charge in [0, 0.05) is 24.9 Å². The minimum atomic E-state index is -2.75. The van der Waals surface area contributed by atoms with Gasteiger partial charge < -0.3 is 0 Å². The number of halogens is 4. The Bertz CT molecular complexity index is 528. The second kappa shape index (κ2) is 4.20. The van der Waals surface area contributed by atoms with Crippen molar-refractivity contribution in [3.8, 4) is 11.3 Å². The summed E-state index contributed by atoms with van der Waals surface area (Å²) in [5.41, 5.74) is -0.461. The van der Waals surface area contributed by atoms with Gasteiger partial charge in [0.25, 0.3) is 6.43 Å². The Hall–Kier alpha value is -1.85. The summed E-state index contributed by atoms with van der Waals surface area (Å²) in [6.45, 7) is 0. The van der Waals surface area contributed by atoms with Crippen molar-refractivity contribution in [3.63, 3.8) is 0 Å². The fraction of sp³-hybridized carbons (Fsp3) is 0.182. The van der Waals surface area contributed by atoms with Crippen LogP contribution in [0.4, 0.5) is 17.6 Å². The molecule has 0 atom stereocenters. The van der Waals surface area contributed by atoms with Crippen LogP contribution >= 0.6 is 0 Å². The maximum atomic E-state index is 13.0. The highest BCUT2D eigenvalue weighted by atomic mass is 19.3. The lowest BCUT2D eigenvalue weighted by molar-refractivity contribution is 0.152. The summed E-state index contributed by atoms with van der Waals surface area (Å²) in [5, 5.41) is 3.79. The highest BCUT2D eigenvalue weighted by Crippen LogP contribution is 2.30. The second-order valence-electron chi connectivity index (χ2n) is 3.57. The largest absolute Gasteiger partial charge is 0.275 e. The molecule has 2 nitrogen and oxygen atoms in total. The minimum Gasteiger partial charge on any atom is -0.275 e. The highest BCUT2D eigenvalue weighted by molar-refractivity contribution is 5.63. The predicted molar refractivity (Wildman–Crippen MR) is 53.5 cm³/mol. The van der Waals surface area contributed by atoms with Crippen LogP contribution < -0.4 is 0 Å². The summed E-state index contributed by atoms with van der Waals surface area (Å²) in [7, 11) is 1.46. The van der Waals surface area contributed by atoms with Gasteiger partial charge in [0.05, 0.1) is 5.56 Å². The summed E-state index contributed by atoms with van der Waals surface area (Å²) >= 11 is 0. The van der Waals surface area contributed by atoms with Crippen molar-refractivity contribution in [2.45, 2.75) is 6.43 Å². The third-order valence-corrected chi connectivity index (χ3v) is 2.23. The molecule has 0 saturated carbocycles. The van der Waals surface area contributed by atoms with E-state index in [1.54, 1.807) is 0 Å². The number of nitrogens with zero attached hydrogens (tertiary/aromatic N) is 2. The number of rotatable bonds is 2. The summed E-state index contributed by atoms with van der Waals surface area (Å²) in [6, 6.07) is 2.61. The molecule has 2 rings (SSSR count). The summed E-state index contributed by atoms with van der Waals surface area (Å²) in [6.07, 6.45) is -1.62. The van der Waals surface area contributed by atoms with Crippen molar-refractivity contribution in [1.29, 1.82) is 0 Å². The quantitative estimate of drug-likeness (QED) is 0.741. The SMILES string of the molecule is Cn1cc(C(F)F)c(-c2cc(F)cc(F)c2)n1. The van der Waals surface area contributed by atoms with Gasteiger partial charge in [-0.1, -0.05) is 0 Å². The molecule has 0 spiro atoms. The smallest absolute Gasteiger partial charge is 0.267 e. The average molecular weight is 244 g/mol. The van der Waals surface area contributed by atoms with Gasteiger partial charge in [-0.2, -0.15) is 5.10 Å². The first kappa shape index (κ1) is 11.6. The van der Waals surface area contributed by atoms with Crippen LogP contribution in [0.25, 0.3) is 11.3 Å². The van der Waals surface area contributed by atoms with E-state index in [0.29, 0.717) is 6.07 Å². The Kier molecular flexibility index (Phi) is 2.87. The first-order chi connectivity index (χ1) is 7.97. The molecule has 17 heavy (non-hydrogen) atoms. The number of hydrogen-bond donors (Lipinski definition) is 0. The molecule has 1 aromatic heterocycles. The van der Waals surface area contributed by atoms with Crippen LogP contribution in [0.5, 0.6) is 0 Å². The maximum Gasteiger partial charge on any atom is 0.267 e. The van der Waals surface area contributed by atoms with Gasteiger partial charge in [-0.25, -0.2) is 17.6 Å². The molecule has 0 bridgehead atoms. The molecule has 6 heteroatoms. The number of aryl methyl sites for hydroxylation is 1. The molecule has 2 aromatic rings. The Morgan fingerprint density at radius 3 is 2.24 bits per heavy atom. The van der Waals surface area contributed by atoms with Crippen LogP contribution in [0.3, 0.4) is 0 Å². The zero-order valence-electron chi connectivity index (χ0n) is 8.79. The molecular weight excluding hydrogens is 236 g/mol. The lowest BCUT2D eigenvalue weighted by Gasteiger charge is -2.02. The molecule has 1 heterocycles. The molecule has 0 N–H and O–H groups in total. The van der Waals surface area contributed by atoms with Crippen molar-refractivity contribution in [2.24, 2.45) is 7.05 Å². The predicted octanol–water partition coefficient (Wildman–Crippen LogP) is 3.30. The monoisotopic (exact) mass is 244 g/mol. The fourth-order valence-corrected chi connectivity index (χ4v) is 1.58. The molecule has 0 aliphatic carbocycles. The molecular formula is C11H8F4N2. The zero-order valence-corrected chi connectivity index (χ0v) is 8.79. The van der Waals surface area contributed by atoms with Crippen molar-refractivity contribution in [1.82, 2.24) is 9.78 Å². The van der Waals surface area contributed by atoms with E-state index in [9.17, 15) is 17.6 Å². The van der Waals surface area contributed by atoms with E-state index in [1.807, 2.05) is 0 Å². The number of alkyl halides is 2. The first-order valence-electron chi connectivity index (χ1n) is 4.75. The number of aromatic nitrogens is 2. The highest BCUT2D eigenvalue weighted by Gasteiger charge is 2.19. The van der Waals surface area contributed by atoms with Crippen LogP contribution in [-0.4, -0.2) is 9.78 Å². The van der Waals surface area contributed by atoms with Crippen LogP contribution in [0.2, 0.25) is 0 Å². The van der Waals surface area contributed by atoms with E-state index < -0.39 is 18.1 Å². The van der Waals surface area contributed by atoms with Crippen molar-refractivity contribution < 1.29 is 17.6 Å². The molecule has 0 fully saturated rings. The van der Waals surface area contributed by atoms with Crippen molar-refractivity contribution in [3.05, 3.63) is 41.6 Å². The van der Waals surface area contributed by atoms with Crippen molar-refractivity contribution in [2.75, 3.05) is 0 Å². The Morgan fingerprint density at radius 2 is 1.71 bits per heavy atom. The standard InChI is InChI=1S/C11H8F4N2/c1-17-5-9(11(14)15)10(16-17)6-2-7(12)4-8(13)3-6/h2-5,11H,1H3. The van der Waals surface area contributed by atoms with Crippen LogP contribution in [0.1, 0.15) is 12.0 Å². The van der Waals surface area contributed by atoms with Gasteiger partial charge in [-0.05, 0) is 12.1 Å². The third kappa shape index (κ3) is 2.30. The van der Waals surface area contributed by atoms with Crippen LogP contribution in [0, 0.1) is 11.6 Å².